The summed E-state index contributed by atoms with van der Waals surface area (Å²) in [6.07, 6.45) is 8.45. The van der Waals surface area contributed by atoms with Gasteiger partial charge in [0.1, 0.15) is 11.5 Å². The SMILES string of the molecule is CC(NNC(N)c1cccc(Oc2ccc(-c3ccc4c(c3)c3ccccc3n4-c3ccccc3)cc2)c1P)C1=CCCC=C1. The minimum absolute atomic E-state index is 0.154. The molecule has 1 aliphatic carbocycles. The van der Waals surface area contributed by atoms with Crippen LogP contribution < -0.4 is 26.6 Å². The van der Waals surface area contributed by atoms with Gasteiger partial charge in [0.2, 0.25) is 0 Å². The van der Waals surface area contributed by atoms with Crippen LogP contribution in [0.5, 0.6) is 11.5 Å². The molecular weight excluding hydrogens is 571 g/mol. The number of hydrazine groups is 1. The Morgan fingerprint density at radius 3 is 2.31 bits per heavy atom. The molecule has 3 unspecified atom stereocenters. The molecule has 0 fully saturated rings. The molecule has 3 atom stereocenters. The number of nitrogens with two attached hydrogens (primary N) is 1. The van der Waals surface area contributed by atoms with Crippen LogP contribution in [0.1, 0.15) is 31.5 Å². The second-order valence-corrected chi connectivity index (χ2v) is 12.1. The summed E-state index contributed by atoms with van der Waals surface area (Å²) < 4.78 is 8.68. The van der Waals surface area contributed by atoms with Gasteiger partial charge < -0.3 is 15.0 Å². The van der Waals surface area contributed by atoms with E-state index in [1.54, 1.807) is 0 Å². The minimum atomic E-state index is -0.401. The summed E-state index contributed by atoms with van der Waals surface area (Å²) in [6.45, 7) is 2.13. The first kappa shape index (κ1) is 29.2. The molecule has 6 heteroatoms. The van der Waals surface area contributed by atoms with E-state index in [1.165, 1.54) is 27.4 Å². The molecule has 7 rings (SSSR count). The summed E-state index contributed by atoms with van der Waals surface area (Å²) in [7, 11) is 2.80. The van der Waals surface area contributed by atoms with E-state index in [-0.39, 0.29) is 6.04 Å². The van der Waals surface area contributed by atoms with Gasteiger partial charge in [0.25, 0.3) is 0 Å². The maximum atomic E-state index is 6.55. The fourth-order valence-electron chi connectivity index (χ4n) is 6.10. The summed E-state index contributed by atoms with van der Waals surface area (Å²) in [5, 5.41) is 3.40. The van der Waals surface area contributed by atoms with Crippen molar-refractivity contribution >= 4 is 36.4 Å². The van der Waals surface area contributed by atoms with Crippen LogP contribution in [-0.2, 0) is 0 Å². The van der Waals surface area contributed by atoms with Crippen LogP contribution in [0, 0.1) is 0 Å². The Hall–Kier alpha value is -4.51. The Bertz CT molecular complexity index is 2030. The second-order valence-electron chi connectivity index (χ2n) is 11.5. The molecule has 0 radical (unpaired) electrons. The Morgan fingerprint density at radius 2 is 1.51 bits per heavy atom. The molecule has 45 heavy (non-hydrogen) atoms. The van der Waals surface area contributed by atoms with E-state index in [0.29, 0.717) is 0 Å². The van der Waals surface area contributed by atoms with Gasteiger partial charge >= 0.3 is 0 Å². The van der Waals surface area contributed by atoms with E-state index in [4.69, 9.17) is 10.5 Å². The maximum Gasteiger partial charge on any atom is 0.134 e. The number of para-hydroxylation sites is 2. The Labute approximate surface area is 266 Å². The van der Waals surface area contributed by atoms with Gasteiger partial charge in [0, 0.05) is 27.8 Å². The number of aromatic nitrogens is 1. The van der Waals surface area contributed by atoms with Crippen LogP contribution in [0.25, 0.3) is 38.6 Å². The Morgan fingerprint density at radius 1 is 0.756 bits per heavy atom. The van der Waals surface area contributed by atoms with Crippen LogP contribution in [0.4, 0.5) is 0 Å². The zero-order chi connectivity index (χ0) is 30.8. The van der Waals surface area contributed by atoms with Crippen molar-refractivity contribution in [3.05, 3.63) is 145 Å². The van der Waals surface area contributed by atoms with E-state index >= 15 is 0 Å². The molecule has 0 saturated heterocycles. The highest BCUT2D eigenvalue weighted by molar-refractivity contribution is 7.28. The lowest BCUT2D eigenvalue weighted by Gasteiger charge is -2.23. The fraction of sp³-hybridized carbons (Fsp3) is 0.128. The largest absolute Gasteiger partial charge is 0.457 e. The van der Waals surface area contributed by atoms with Crippen molar-refractivity contribution in [2.24, 2.45) is 5.73 Å². The zero-order valence-electron chi connectivity index (χ0n) is 25.3. The van der Waals surface area contributed by atoms with Gasteiger partial charge in [-0.15, -0.1) is 9.24 Å². The molecule has 0 aliphatic heterocycles. The molecule has 1 heterocycles. The first-order valence-corrected chi connectivity index (χ1v) is 16.0. The van der Waals surface area contributed by atoms with Gasteiger partial charge in [0.15, 0.2) is 0 Å². The second kappa shape index (κ2) is 12.8. The van der Waals surface area contributed by atoms with Crippen molar-refractivity contribution in [2.45, 2.75) is 32.0 Å². The smallest absolute Gasteiger partial charge is 0.134 e. The highest BCUT2D eigenvalue weighted by atomic mass is 31.0. The number of fused-ring (bicyclic) bond motifs is 3. The molecule has 5 nitrogen and oxygen atoms in total. The molecule has 0 saturated carbocycles. The summed E-state index contributed by atoms with van der Waals surface area (Å²) >= 11 is 0. The van der Waals surface area contributed by atoms with Crippen molar-refractivity contribution < 1.29 is 4.74 Å². The van der Waals surface area contributed by atoms with Crippen LogP contribution in [-0.4, -0.2) is 10.6 Å². The van der Waals surface area contributed by atoms with E-state index < -0.39 is 6.17 Å². The van der Waals surface area contributed by atoms with Crippen molar-refractivity contribution in [2.75, 3.05) is 0 Å². The number of hydrogen-bond acceptors (Lipinski definition) is 4. The number of allylic oxidation sites excluding steroid dienone is 2. The third kappa shape index (κ3) is 5.96. The summed E-state index contributed by atoms with van der Waals surface area (Å²) in [5.41, 5.74) is 21.2. The lowest BCUT2D eigenvalue weighted by Crippen LogP contribution is -2.46. The molecule has 5 aromatic carbocycles. The highest BCUT2D eigenvalue weighted by Crippen LogP contribution is 2.35. The third-order valence-electron chi connectivity index (χ3n) is 8.52. The lowest BCUT2D eigenvalue weighted by molar-refractivity contribution is 0.419. The van der Waals surface area contributed by atoms with E-state index in [9.17, 15) is 0 Å². The molecule has 6 aromatic rings. The summed E-state index contributed by atoms with van der Waals surface area (Å²) in [6, 6.07) is 40.3. The number of hydrogen-bond donors (Lipinski definition) is 3. The van der Waals surface area contributed by atoms with Gasteiger partial charge in [-0.2, -0.15) is 0 Å². The molecular formula is C39H37N4OP. The van der Waals surface area contributed by atoms with Crippen LogP contribution >= 0.6 is 9.24 Å². The van der Waals surface area contributed by atoms with Gasteiger partial charge in [0.05, 0.1) is 17.2 Å². The van der Waals surface area contributed by atoms with Gasteiger partial charge in [-0.1, -0.05) is 85.0 Å². The molecule has 1 aliphatic rings. The van der Waals surface area contributed by atoms with E-state index in [2.05, 4.69) is 135 Å². The number of nitrogens with one attached hydrogen (secondary N) is 2. The standard InChI is InChI=1S/C39H37N4OP/c1-26(27-11-4-2-5-12-27)41-42-39(40)33-16-10-18-37(38(33)45)44-31-22-19-28(20-23-31)29-21-24-36-34(25-29)32-15-8-9-17-35(32)43(36)30-13-6-3-7-14-30/h3-4,6-26,39,41-42H,2,5,40,45H2,1H3. The third-order valence-corrected chi connectivity index (χ3v) is 9.13. The van der Waals surface area contributed by atoms with Crippen molar-refractivity contribution in [3.8, 4) is 28.3 Å². The monoisotopic (exact) mass is 608 g/mol. The molecule has 0 bridgehead atoms. The Balaban J connectivity index is 1.10. The zero-order valence-corrected chi connectivity index (χ0v) is 26.4. The first-order valence-electron chi connectivity index (χ1n) is 15.5. The minimum Gasteiger partial charge on any atom is -0.457 e. The van der Waals surface area contributed by atoms with Crippen LogP contribution in [0.3, 0.4) is 0 Å². The van der Waals surface area contributed by atoms with E-state index in [0.717, 1.165) is 52.0 Å². The topological polar surface area (TPSA) is 64.2 Å². The fourth-order valence-corrected chi connectivity index (χ4v) is 6.53. The number of benzene rings is 5. The molecule has 0 spiro atoms. The number of ether oxygens (including phenoxy) is 1. The predicted molar refractivity (Wildman–Crippen MR) is 191 cm³/mol. The van der Waals surface area contributed by atoms with Crippen LogP contribution in [0.15, 0.2) is 139 Å². The van der Waals surface area contributed by atoms with Crippen molar-refractivity contribution in [3.63, 3.8) is 0 Å². The highest BCUT2D eigenvalue weighted by Gasteiger charge is 2.16. The van der Waals surface area contributed by atoms with E-state index in [1.807, 2.05) is 30.3 Å². The number of nitrogens with zero attached hydrogens (tertiary/aromatic N) is 1. The van der Waals surface area contributed by atoms with Crippen molar-refractivity contribution in [1.29, 1.82) is 0 Å². The average molecular weight is 609 g/mol. The summed E-state index contributed by atoms with van der Waals surface area (Å²) in [5.74, 6) is 1.52. The predicted octanol–water partition coefficient (Wildman–Crippen LogP) is 8.46. The molecule has 0 amide bonds. The Kier molecular flexibility index (Phi) is 8.34. The normalized spacial score (nSPS) is 14.4. The first-order chi connectivity index (χ1) is 22.1. The van der Waals surface area contributed by atoms with Gasteiger partial charge in [-0.25, -0.2) is 10.9 Å². The summed E-state index contributed by atoms with van der Waals surface area (Å²) in [4.78, 5) is 0. The van der Waals surface area contributed by atoms with Crippen LogP contribution in [0.2, 0.25) is 0 Å². The molecule has 4 N–H and O–H groups in total. The van der Waals surface area contributed by atoms with Gasteiger partial charge in [-0.3, -0.25) is 0 Å². The maximum absolute atomic E-state index is 6.55. The number of rotatable bonds is 9. The molecule has 224 valence electrons. The van der Waals surface area contributed by atoms with Crippen molar-refractivity contribution in [1.82, 2.24) is 15.4 Å². The average Bonchev–Trinajstić information content (AvgIpc) is 3.43. The van der Waals surface area contributed by atoms with Gasteiger partial charge in [-0.05, 0) is 90.6 Å². The quantitative estimate of drug-likeness (QED) is 0.0876. The molecule has 1 aromatic heterocycles. The lowest BCUT2D eigenvalue weighted by atomic mass is 10.0.